The van der Waals surface area contributed by atoms with Gasteiger partial charge in [-0.05, 0) is 48.9 Å². The Labute approximate surface area is 198 Å². The van der Waals surface area contributed by atoms with Crippen molar-refractivity contribution in [3.63, 3.8) is 0 Å². The third kappa shape index (κ3) is 5.95. The molecule has 178 valence electrons. The highest BCUT2D eigenvalue weighted by atomic mass is 16.5. The number of rotatable bonds is 11. The molecule has 3 aromatic rings. The lowest BCUT2D eigenvalue weighted by atomic mass is 10.1. The summed E-state index contributed by atoms with van der Waals surface area (Å²) in [7, 11) is 3.08. The molecule has 1 aliphatic carbocycles. The molecule has 1 saturated carbocycles. The summed E-state index contributed by atoms with van der Waals surface area (Å²) in [6.45, 7) is 1.30. The molecule has 0 atom stereocenters. The SMILES string of the molecule is COc1ccc(C(=O)N(CCc2ccccc2)Cc2cc(C(=O)NCC3CC3)no2)cc1OC. The summed E-state index contributed by atoms with van der Waals surface area (Å²) in [4.78, 5) is 27.5. The number of carbonyl (C=O) groups is 2. The largest absolute Gasteiger partial charge is 0.493 e. The molecule has 34 heavy (non-hydrogen) atoms. The molecule has 1 aliphatic rings. The first kappa shape index (κ1) is 23.4. The van der Waals surface area contributed by atoms with Crippen molar-refractivity contribution in [3.05, 3.63) is 77.2 Å². The minimum atomic E-state index is -0.260. The van der Waals surface area contributed by atoms with Gasteiger partial charge in [-0.2, -0.15) is 0 Å². The molecule has 8 nitrogen and oxygen atoms in total. The molecule has 0 radical (unpaired) electrons. The highest BCUT2D eigenvalue weighted by Crippen LogP contribution is 2.29. The molecule has 0 aliphatic heterocycles. The highest BCUT2D eigenvalue weighted by Gasteiger charge is 2.24. The van der Waals surface area contributed by atoms with Crippen molar-refractivity contribution in [2.75, 3.05) is 27.3 Å². The first-order valence-electron chi connectivity index (χ1n) is 11.4. The van der Waals surface area contributed by atoms with Crippen LogP contribution in [-0.4, -0.2) is 49.2 Å². The lowest BCUT2D eigenvalue weighted by molar-refractivity contribution is 0.0728. The lowest BCUT2D eigenvalue weighted by Gasteiger charge is -2.22. The topological polar surface area (TPSA) is 93.9 Å². The van der Waals surface area contributed by atoms with E-state index < -0.39 is 0 Å². The second kappa shape index (κ2) is 10.9. The Morgan fingerprint density at radius 2 is 1.82 bits per heavy atom. The average Bonchev–Trinajstić information content (AvgIpc) is 3.60. The van der Waals surface area contributed by atoms with Gasteiger partial charge in [0.1, 0.15) is 0 Å². The predicted molar refractivity (Wildman–Crippen MR) is 126 cm³/mol. The summed E-state index contributed by atoms with van der Waals surface area (Å²) in [5.74, 6) is 1.59. The first-order valence-corrected chi connectivity index (χ1v) is 11.4. The van der Waals surface area contributed by atoms with Crippen LogP contribution >= 0.6 is 0 Å². The second-order valence-electron chi connectivity index (χ2n) is 8.36. The van der Waals surface area contributed by atoms with E-state index in [9.17, 15) is 9.59 Å². The molecule has 1 fully saturated rings. The number of methoxy groups -OCH3 is 2. The number of hydrogen-bond donors (Lipinski definition) is 1. The molecule has 0 spiro atoms. The van der Waals surface area contributed by atoms with E-state index in [1.165, 1.54) is 7.11 Å². The fourth-order valence-corrected chi connectivity index (χ4v) is 3.65. The predicted octanol–water partition coefficient (Wildman–Crippen LogP) is 3.72. The van der Waals surface area contributed by atoms with E-state index in [0.29, 0.717) is 48.3 Å². The summed E-state index contributed by atoms with van der Waals surface area (Å²) in [6, 6.07) is 16.6. The Bertz CT molecular complexity index is 1120. The van der Waals surface area contributed by atoms with E-state index in [2.05, 4.69) is 10.5 Å². The highest BCUT2D eigenvalue weighted by molar-refractivity contribution is 5.95. The third-order valence-corrected chi connectivity index (χ3v) is 5.82. The van der Waals surface area contributed by atoms with Gasteiger partial charge in [-0.3, -0.25) is 9.59 Å². The maximum absolute atomic E-state index is 13.5. The van der Waals surface area contributed by atoms with Gasteiger partial charge in [0.15, 0.2) is 23.0 Å². The quantitative estimate of drug-likeness (QED) is 0.466. The minimum Gasteiger partial charge on any atom is -0.493 e. The van der Waals surface area contributed by atoms with Crippen molar-refractivity contribution in [2.45, 2.75) is 25.8 Å². The van der Waals surface area contributed by atoms with E-state index >= 15 is 0 Å². The van der Waals surface area contributed by atoms with Crippen molar-refractivity contribution in [3.8, 4) is 11.5 Å². The van der Waals surface area contributed by atoms with Gasteiger partial charge >= 0.3 is 0 Å². The van der Waals surface area contributed by atoms with Gasteiger partial charge in [-0.25, -0.2) is 0 Å². The number of nitrogens with one attached hydrogen (secondary N) is 1. The summed E-state index contributed by atoms with van der Waals surface area (Å²) >= 11 is 0. The van der Waals surface area contributed by atoms with Crippen LogP contribution in [0.3, 0.4) is 0 Å². The summed E-state index contributed by atoms with van der Waals surface area (Å²) in [6.07, 6.45) is 2.97. The normalized spacial score (nSPS) is 12.8. The zero-order valence-electron chi connectivity index (χ0n) is 19.5. The van der Waals surface area contributed by atoms with Crippen LogP contribution in [0.5, 0.6) is 11.5 Å². The van der Waals surface area contributed by atoms with Crippen LogP contribution in [0.15, 0.2) is 59.1 Å². The number of hydrogen-bond acceptors (Lipinski definition) is 6. The Hall–Kier alpha value is -3.81. The monoisotopic (exact) mass is 463 g/mol. The number of nitrogens with zero attached hydrogens (tertiary/aromatic N) is 2. The Balaban J connectivity index is 1.50. The van der Waals surface area contributed by atoms with Gasteiger partial charge in [-0.15, -0.1) is 0 Å². The summed E-state index contributed by atoms with van der Waals surface area (Å²) < 4.78 is 16.1. The number of aromatic nitrogens is 1. The van der Waals surface area contributed by atoms with Gasteiger partial charge in [0.05, 0.1) is 20.8 Å². The van der Waals surface area contributed by atoms with E-state index in [0.717, 1.165) is 18.4 Å². The molecule has 8 heteroatoms. The number of ether oxygens (including phenoxy) is 2. The average molecular weight is 464 g/mol. The van der Waals surface area contributed by atoms with Gasteiger partial charge in [0.25, 0.3) is 11.8 Å². The fourth-order valence-electron chi connectivity index (χ4n) is 3.65. The van der Waals surface area contributed by atoms with Crippen LogP contribution in [0.2, 0.25) is 0 Å². The molecule has 1 aromatic heterocycles. The molecule has 0 unspecified atom stereocenters. The van der Waals surface area contributed by atoms with Crippen LogP contribution in [0.1, 0.15) is 45.0 Å². The van der Waals surface area contributed by atoms with Crippen LogP contribution in [-0.2, 0) is 13.0 Å². The number of carbonyl (C=O) groups excluding carboxylic acids is 2. The van der Waals surface area contributed by atoms with Crippen LogP contribution in [0.4, 0.5) is 0 Å². The molecule has 4 rings (SSSR count). The van der Waals surface area contributed by atoms with Gasteiger partial charge in [0.2, 0.25) is 0 Å². The van der Waals surface area contributed by atoms with Gasteiger partial charge < -0.3 is 24.2 Å². The zero-order chi connectivity index (χ0) is 23.9. The lowest BCUT2D eigenvalue weighted by Crippen LogP contribution is -2.32. The Morgan fingerprint density at radius 3 is 2.53 bits per heavy atom. The Morgan fingerprint density at radius 1 is 1.06 bits per heavy atom. The van der Waals surface area contributed by atoms with E-state index in [4.69, 9.17) is 14.0 Å². The smallest absolute Gasteiger partial charge is 0.273 e. The van der Waals surface area contributed by atoms with E-state index in [-0.39, 0.29) is 24.1 Å². The molecule has 0 bridgehead atoms. The van der Waals surface area contributed by atoms with E-state index in [1.54, 1.807) is 36.3 Å². The molecule has 1 heterocycles. The molecule has 2 aromatic carbocycles. The molecule has 1 N–H and O–H groups in total. The maximum atomic E-state index is 13.5. The standard InChI is InChI=1S/C26H29N3O5/c1-32-23-11-10-20(14-24(23)33-2)26(31)29(13-12-18-6-4-3-5-7-18)17-21-15-22(28-34-21)25(30)27-16-19-8-9-19/h3-7,10-11,14-15,19H,8-9,12-13,16-17H2,1-2H3,(H,27,30). The van der Waals surface area contributed by atoms with Crippen LogP contribution < -0.4 is 14.8 Å². The zero-order valence-corrected chi connectivity index (χ0v) is 19.5. The van der Waals surface area contributed by atoms with Crippen LogP contribution in [0, 0.1) is 5.92 Å². The van der Waals surface area contributed by atoms with E-state index in [1.807, 2.05) is 30.3 Å². The van der Waals surface area contributed by atoms with Crippen molar-refractivity contribution < 1.29 is 23.6 Å². The van der Waals surface area contributed by atoms with Crippen LogP contribution in [0.25, 0.3) is 0 Å². The molecule has 2 amide bonds. The number of benzene rings is 2. The van der Waals surface area contributed by atoms with Crippen molar-refractivity contribution in [1.82, 2.24) is 15.4 Å². The first-order chi connectivity index (χ1) is 16.6. The van der Waals surface area contributed by atoms with Gasteiger partial charge in [0, 0.05) is 24.7 Å². The van der Waals surface area contributed by atoms with Crippen molar-refractivity contribution in [2.24, 2.45) is 5.92 Å². The van der Waals surface area contributed by atoms with Crippen molar-refractivity contribution >= 4 is 11.8 Å². The second-order valence-corrected chi connectivity index (χ2v) is 8.36. The maximum Gasteiger partial charge on any atom is 0.273 e. The van der Waals surface area contributed by atoms with Gasteiger partial charge in [-0.1, -0.05) is 35.5 Å². The number of amides is 2. The minimum absolute atomic E-state index is 0.183. The molecular weight excluding hydrogens is 434 g/mol. The van der Waals surface area contributed by atoms with Crippen molar-refractivity contribution in [1.29, 1.82) is 0 Å². The molecular formula is C26H29N3O5. The molecule has 0 saturated heterocycles. The summed E-state index contributed by atoms with van der Waals surface area (Å²) in [5, 5.41) is 6.78. The summed E-state index contributed by atoms with van der Waals surface area (Å²) in [5.41, 5.74) is 1.80. The Kier molecular flexibility index (Phi) is 7.47. The third-order valence-electron chi connectivity index (χ3n) is 5.82. The fraction of sp³-hybridized carbons (Fsp3) is 0.346.